The van der Waals surface area contributed by atoms with Crippen molar-refractivity contribution in [1.29, 1.82) is 0 Å². The van der Waals surface area contributed by atoms with Crippen LogP contribution in [0.5, 0.6) is 0 Å². The molecule has 1 fully saturated rings. The van der Waals surface area contributed by atoms with E-state index in [2.05, 4.69) is 37.1 Å². The maximum absolute atomic E-state index is 10.8. The van der Waals surface area contributed by atoms with Crippen molar-refractivity contribution in [2.45, 2.75) is 45.6 Å². The van der Waals surface area contributed by atoms with E-state index < -0.39 is 5.97 Å². The Balaban J connectivity index is 2.27. The molecule has 0 aromatic heterocycles. The van der Waals surface area contributed by atoms with Crippen LogP contribution in [0.2, 0.25) is 0 Å². The number of anilines is 1. The highest BCUT2D eigenvalue weighted by atomic mass is 16.4. The molecule has 1 N–H and O–H groups in total. The van der Waals surface area contributed by atoms with Gasteiger partial charge in [0.2, 0.25) is 0 Å². The van der Waals surface area contributed by atoms with Crippen LogP contribution in [0.15, 0.2) is 24.3 Å². The number of carbonyl (C=O) groups is 1. The van der Waals surface area contributed by atoms with Crippen molar-refractivity contribution in [2.75, 3.05) is 11.9 Å². The van der Waals surface area contributed by atoms with Gasteiger partial charge in [-0.2, -0.15) is 0 Å². The smallest absolute Gasteiger partial charge is 0.328 e. The van der Waals surface area contributed by atoms with Crippen LogP contribution in [0.25, 0.3) is 6.08 Å². The number of carboxylic acid groups (broad SMARTS) is 1. The lowest BCUT2D eigenvalue weighted by Crippen LogP contribution is -2.35. The monoisotopic (exact) mass is 287 g/mol. The van der Waals surface area contributed by atoms with Gasteiger partial charge >= 0.3 is 5.97 Å². The van der Waals surface area contributed by atoms with Crippen molar-refractivity contribution in [3.8, 4) is 0 Å². The highest BCUT2D eigenvalue weighted by molar-refractivity contribution is 5.87. The standard InChI is InChI=1S/C18H25NO2/c1-13-5-4-6-16(12-13)19(3)17-9-7-14(2)11-15(17)8-10-18(20)21/h7-11,13,16H,4-6,12H2,1-3H3,(H,20,21)/b10-8+. The zero-order chi connectivity index (χ0) is 15.4. The summed E-state index contributed by atoms with van der Waals surface area (Å²) >= 11 is 0. The minimum atomic E-state index is -0.906. The SMILES string of the molecule is Cc1ccc(N(C)C2CCCC(C)C2)c(/C=C/C(=O)O)c1. The van der Waals surface area contributed by atoms with Crippen LogP contribution in [-0.4, -0.2) is 24.2 Å². The molecule has 1 aromatic rings. The van der Waals surface area contributed by atoms with Gasteiger partial charge in [-0.25, -0.2) is 4.79 Å². The molecule has 0 amide bonds. The van der Waals surface area contributed by atoms with Gasteiger partial charge in [0.15, 0.2) is 0 Å². The summed E-state index contributed by atoms with van der Waals surface area (Å²) < 4.78 is 0. The number of benzene rings is 1. The molecule has 0 bridgehead atoms. The normalized spacial score (nSPS) is 22.4. The van der Waals surface area contributed by atoms with E-state index in [-0.39, 0.29) is 0 Å². The van der Waals surface area contributed by atoms with Crippen LogP contribution in [0.3, 0.4) is 0 Å². The number of aryl methyl sites for hydroxylation is 1. The number of aliphatic carboxylic acids is 1. The van der Waals surface area contributed by atoms with Gasteiger partial charge in [0.1, 0.15) is 0 Å². The molecule has 0 spiro atoms. The molecule has 0 heterocycles. The first-order chi connectivity index (χ1) is 9.97. The van der Waals surface area contributed by atoms with Crippen molar-refractivity contribution in [2.24, 2.45) is 5.92 Å². The Morgan fingerprint density at radius 1 is 1.38 bits per heavy atom. The van der Waals surface area contributed by atoms with Crippen LogP contribution in [0.4, 0.5) is 5.69 Å². The summed E-state index contributed by atoms with van der Waals surface area (Å²) in [5.41, 5.74) is 3.25. The molecule has 2 atom stereocenters. The summed E-state index contributed by atoms with van der Waals surface area (Å²) in [7, 11) is 2.13. The molecule has 1 aliphatic rings. The molecule has 0 aliphatic heterocycles. The number of hydrogen-bond acceptors (Lipinski definition) is 2. The van der Waals surface area contributed by atoms with Gasteiger partial charge < -0.3 is 10.0 Å². The molecular weight excluding hydrogens is 262 g/mol. The Labute approximate surface area is 127 Å². The van der Waals surface area contributed by atoms with E-state index >= 15 is 0 Å². The number of hydrogen-bond donors (Lipinski definition) is 1. The largest absolute Gasteiger partial charge is 0.478 e. The molecule has 2 unspecified atom stereocenters. The fourth-order valence-corrected chi connectivity index (χ4v) is 3.24. The van der Waals surface area contributed by atoms with Gasteiger partial charge in [-0.05, 0) is 49.5 Å². The Bertz CT molecular complexity index is 536. The summed E-state index contributed by atoms with van der Waals surface area (Å²) in [5.74, 6) is -0.133. The van der Waals surface area contributed by atoms with Crippen LogP contribution in [0.1, 0.15) is 43.7 Å². The summed E-state index contributed by atoms with van der Waals surface area (Å²) in [5, 5.41) is 8.86. The zero-order valence-electron chi connectivity index (χ0n) is 13.2. The van der Waals surface area contributed by atoms with E-state index in [9.17, 15) is 4.79 Å². The fraction of sp³-hybridized carbons (Fsp3) is 0.500. The minimum Gasteiger partial charge on any atom is -0.478 e. The van der Waals surface area contributed by atoms with E-state index in [1.165, 1.54) is 31.8 Å². The van der Waals surface area contributed by atoms with E-state index in [1.54, 1.807) is 6.08 Å². The maximum atomic E-state index is 10.8. The predicted octanol–water partition coefficient (Wildman–Crippen LogP) is 4.11. The summed E-state index contributed by atoms with van der Waals surface area (Å²) in [6, 6.07) is 6.80. The quantitative estimate of drug-likeness (QED) is 0.847. The molecule has 3 heteroatoms. The van der Waals surface area contributed by atoms with Crippen LogP contribution in [-0.2, 0) is 4.79 Å². The second kappa shape index (κ2) is 6.79. The molecule has 1 saturated carbocycles. The van der Waals surface area contributed by atoms with Gasteiger partial charge in [0.05, 0.1) is 0 Å². The molecule has 114 valence electrons. The highest BCUT2D eigenvalue weighted by Crippen LogP contribution is 2.32. The van der Waals surface area contributed by atoms with Gasteiger partial charge in [-0.1, -0.05) is 31.4 Å². The third-order valence-electron chi connectivity index (χ3n) is 4.42. The average Bonchev–Trinajstić information content (AvgIpc) is 2.44. The van der Waals surface area contributed by atoms with Crippen molar-refractivity contribution in [1.82, 2.24) is 0 Å². The highest BCUT2D eigenvalue weighted by Gasteiger charge is 2.23. The van der Waals surface area contributed by atoms with E-state index in [1.807, 2.05) is 6.92 Å². The van der Waals surface area contributed by atoms with Crippen LogP contribution < -0.4 is 4.90 Å². The summed E-state index contributed by atoms with van der Waals surface area (Å²) in [4.78, 5) is 13.1. The van der Waals surface area contributed by atoms with E-state index in [4.69, 9.17) is 5.11 Å². The second-order valence-electron chi connectivity index (χ2n) is 6.27. The molecular formula is C18H25NO2. The summed E-state index contributed by atoms with van der Waals surface area (Å²) in [6.07, 6.45) is 7.96. The van der Waals surface area contributed by atoms with E-state index in [0.29, 0.717) is 6.04 Å². The maximum Gasteiger partial charge on any atom is 0.328 e. The third kappa shape index (κ3) is 4.10. The van der Waals surface area contributed by atoms with Crippen molar-refractivity contribution in [3.05, 3.63) is 35.4 Å². The molecule has 0 saturated heterocycles. The van der Waals surface area contributed by atoms with Crippen LogP contribution in [0, 0.1) is 12.8 Å². The lowest BCUT2D eigenvalue weighted by Gasteiger charge is -2.36. The molecule has 1 aliphatic carbocycles. The Morgan fingerprint density at radius 3 is 2.81 bits per heavy atom. The Hall–Kier alpha value is -1.77. The lowest BCUT2D eigenvalue weighted by atomic mass is 9.86. The topological polar surface area (TPSA) is 40.5 Å². The Morgan fingerprint density at radius 2 is 2.14 bits per heavy atom. The van der Waals surface area contributed by atoms with Gasteiger partial charge in [0.25, 0.3) is 0 Å². The second-order valence-corrected chi connectivity index (χ2v) is 6.27. The first kappa shape index (κ1) is 15.6. The minimum absolute atomic E-state index is 0.549. The third-order valence-corrected chi connectivity index (χ3v) is 4.42. The molecule has 3 nitrogen and oxygen atoms in total. The number of carboxylic acids is 1. The zero-order valence-corrected chi connectivity index (χ0v) is 13.2. The van der Waals surface area contributed by atoms with Gasteiger partial charge in [-0.3, -0.25) is 0 Å². The molecule has 2 rings (SSSR count). The lowest BCUT2D eigenvalue weighted by molar-refractivity contribution is -0.131. The van der Waals surface area contributed by atoms with E-state index in [0.717, 1.165) is 22.7 Å². The molecule has 21 heavy (non-hydrogen) atoms. The van der Waals surface area contributed by atoms with Crippen molar-refractivity contribution < 1.29 is 9.90 Å². The summed E-state index contributed by atoms with van der Waals surface area (Å²) in [6.45, 7) is 4.35. The van der Waals surface area contributed by atoms with Gasteiger partial charge in [-0.15, -0.1) is 0 Å². The fourth-order valence-electron chi connectivity index (χ4n) is 3.24. The average molecular weight is 287 g/mol. The molecule has 0 radical (unpaired) electrons. The first-order valence-electron chi connectivity index (χ1n) is 7.72. The predicted molar refractivity (Wildman–Crippen MR) is 87.7 cm³/mol. The van der Waals surface area contributed by atoms with Crippen molar-refractivity contribution >= 4 is 17.7 Å². The molecule has 1 aromatic carbocycles. The van der Waals surface area contributed by atoms with Gasteiger partial charge in [0, 0.05) is 24.9 Å². The first-order valence-corrected chi connectivity index (χ1v) is 7.72. The Kier molecular flexibility index (Phi) is 5.05. The number of rotatable bonds is 4. The van der Waals surface area contributed by atoms with Crippen molar-refractivity contribution in [3.63, 3.8) is 0 Å². The van der Waals surface area contributed by atoms with Crippen LogP contribution >= 0.6 is 0 Å². The number of nitrogens with zero attached hydrogens (tertiary/aromatic N) is 1.